The topological polar surface area (TPSA) is 105 Å². The zero-order valence-electron chi connectivity index (χ0n) is 19.9. The van der Waals surface area contributed by atoms with Crippen molar-refractivity contribution in [3.63, 3.8) is 0 Å². The van der Waals surface area contributed by atoms with E-state index < -0.39 is 27.0 Å². The highest BCUT2D eigenvalue weighted by atomic mass is 32.2. The summed E-state index contributed by atoms with van der Waals surface area (Å²) in [7, 11) is -3.84. The lowest BCUT2D eigenvalue weighted by Gasteiger charge is -2.48. The third-order valence-corrected chi connectivity index (χ3v) is 9.76. The molecule has 0 amide bonds. The van der Waals surface area contributed by atoms with Gasteiger partial charge in [-0.05, 0) is 38.8 Å². The number of aromatic nitrogens is 4. The number of halogens is 2. The molecule has 2 saturated heterocycles. The Kier molecular flexibility index (Phi) is 5.79. The number of anilines is 1. The van der Waals surface area contributed by atoms with Crippen molar-refractivity contribution in [2.24, 2.45) is 0 Å². The lowest BCUT2D eigenvalue weighted by Crippen LogP contribution is -2.62. The molecule has 10 nitrogen and oxygen atoms in total. The molecule has 2 aromatic heterocycles. The van der Waals surface area contributed by atoms with Crippen LogP contribution in [0.2, 0.25) is 0 Å². The van der Waals surface area contributed by atoms with Crippen LogP contribution in [0.1, 0.15) is 38.1 Å². The van der Waals surface area contributed by atoms with Gasteiger partial charge in [-0.15, -0.1) is 10.2 Å². The van der Waals surface area contributed by atoms with Crippen LogP contribution in [0, 0.1) is 0 Å². The molecule has 0 radical (unpaired) electrons. The number of fused-ring (bicyclic) bond motifs is 2. The van der Waals surface area contributed by atoms with E-state index in [-0.39, 0.29) is 22.1 Å². The summed E-state index contributed by atoms with van der Waals surface area (Å²) in [6.07, 6.45) is 0.305. The van der Waals surface area contributed by atoms with Gasteiger partial charge in [0.05, 0.1) is 35.4 Å². The van der Waals surface area contributed by atoms with Gasteiger partial charge in [0.25, 0.3) is 6.43 Å². The van der Waals surface area contributed by atoms with E-state index in [0.29, 0.717) is 43.0 Å². The number of benzene rings is 1. The second kappa shape index (κ2) is 8.65. The number of hydrogen-bond donors (Lipinski definition) is 1. The van der Waals surface area contributed by atoms with Crippen molar-refractivity contribution in [2.75, 3.05) is 37.7 Å². The number of alkyl halides is 2. The molecule has 1 aromatic carbocycles. The number of ether oxygens (including phenoxy) is 1. The standard InChI is InChI=1S/C22H27F2N7O3S2/c1-13-9-29(10-14-11-34-6-5-30(13)14)16-7-15(36(32,33)28-22(2)3-4-22)8-17-18(16)25-12-31(17)21-27-26-20(35-21)19(23)24/h7-8,12-14,19,28H,3-6,9-11H2,1-2H3/t13-,14-/m0/s1. The second-order valence-electron chi connectivity index (χ2n) is 10.0. The molecule has 3 fully saturated rings. The zero-order chi connectivity index (χ0) is 25.2. The van der Waals surface area contributed by atoms with Gasteiger partial charge in [-0.1, -0.05) is 11.3 Å². The van der Waals surface area contributed by atoms with Gasteiger partial charge in [-0.25, -0.2) is 26.9 Å². The third kappa shape index (κ3) is 4.28. The minimum atomic E-state index is -3.84. The van der Waals surface area contributed by atoms with Crippen molar-refractivity contribution < 1.29 is 21.9 Å². The number of rotatable bonds is 6. The second-order valence-corrected chi connectivity index (χ2v) is 12.7. The van der Waals surface area contributed by atoms with Crippen LogP contribution >= 0.6 is 11.3 Å². The molecule has 6 rings (SSSR count). The van der Waals surface area contributed by atoms with Crippen molar-refractivity contribution in [1.29, 1.82) is 0 Å². The number of sulfonamides is 1. The largest absolute Gasteiger partial charge is 0.378 e. The van der Waals surface area contributed by atoms with E-state index in [1.807, 2.05) is 6.92 Å². The van der Waals surface area contributed by atoms with Gasteiger partial charge in [-0.2, -0.15) is 0 Å². The van der Waals surface area contributed by atoms with Crippen LogP contribution in [0.5, 0.6) is 0 Å². The van der Waals surface area contributed by atoms with E-state index in [1.54, 1.807) is 6.07 Å². The molecular formula is C22H27F2N7O3S2. The van der Waals surface area contributed by atoms with Crippen LogP contribution in [-0.2, 0) is 14.8 Å². The van der Waals surface area contributed by atoms with Crippen LogP contribution in [0.15, 0.2) is 23.4 Å². The van der Waals surface area contributed by atoms with Gasteiger partial charge in [0, 0.05) is 31.2 Å². The maximum atomic E-state index is 13.4. The van der Waals surface area contributed by atoms with Crippen molar-refractivity contribution in [3.8, 4) is 5.13 Å². The Morgan fingerprint density at radius 1 is 1.25 bits per heavy atom. The average Bonchev–Trinajstić information content (AvgIpc) is 3.23. The summed E-state index contributed by atoms with van der Waals surface area (Å²) in [6.45, 7) is 7.57. The summed E-state index contributed by atoms with van der Waals surface area (Å²) in [5.41, 5.74) is 1.29. The molecule has 1 N–H and O–H groups in total. The Bertz CT molecular complexity index is 1410. The highest BCUT2D eigenvalue weighted by Crippen LogP contribution is 2.38. The number of morpholine rings is 1. The Morgan fingerprint density at radius 2 is 2.06 bits per heavy atom. The maximum Gasteiger partial charge on any atom is 0.291 e. The van der Waals surface area contributed by atoms with Gasteiger partial charge in [-0.3, -0.25) is 9.47 Å². The number of imidazole rings is 1. The van der Waals surface area contributed by atoms with Crippen molar-refractivity contribution >= 4 is 38.1 Å². The van der Waals surface area contributed by atoms with E-state index in [9.17, 15) is 17.2 Å². The van der Waals surface area contributed by atoms with Crippen LogP contribution < -0.4 is 9.62 Å². The zero-order valence-corrected chi connectivity index (χ0v) is 21.5. The van der Waals surface area contributed by atoms with Gasteiger partial charge >= 0.3 is 0 Å². The average molecular weight is 540 g/mol. The summed E-state index contributed by atoms with van der Waals surface area (Å²) >= 11 is 0.752. The Hall–Kier alpha value is -2.26. The van der Waals surface area contributed by atoms with Gasteiger partial charge in [0.15, 0.2) is 5.01 Å². The summed E-state index contributed by atoms with van der Waals surface area (Å²) in [4.78, 5) is 9.27. The maximum absolute atomic E-state index is 13.4. The molecular weight excluding hydrogens is 512 g/mol. The van der Waals surface area contributed by atoms with Crippen LogP contribution in [0.25, 0.3) is 16.2 Å². The molecule has 0 unspecified atom stereocenters. The Labute approximate surface area is 211 Å². The molecule has 3 aromatic rings. The fraction of sp³-hybridized carbons (Fsp3) is 0.591. The number of hydrogen-bond acceptors (Lipinski definition) is 9. The first-order valence-electron chi connectivity index (χ1n) is 11.9. The van der Waals surface area contributed by atoms with E-state index in [4.69, 9.17) is 4.74 Å². The predicted molar refractivity (Wildman–Crippen MR) is 130 cm³/mol. The number of nitrogens with zero attached hydrogens (tertiary/aromatic N) is 6. The number of nitrogens with one attached hydrogen (secondary N) is 1. The summed E-state index contributed by atoms with van der Waals surface area (Å²) in [6, 6.07) is 3.63. The van der Waals surface area contributed by atoms with Crippen LogP contribution in [0.3, 0.4) is 0 Å². The third-order valence-electron chi connectivity index (χ3n) is 7.21. The molecule has 4 heterocycles. The van der Waals surface area contributed by atoms with E-state index in [2.05, 4.69) is 36.6 Å². The molecule has 3 aliphatic rings. The van der Waals surface area contributed by atoms with E-state index in [1.165, 1.54) is 17.0 Å². The normalized spacial score (nSPS) is 24.4. The minimum absolute atomic E-state index is 0.105. The molecule has 14 heteroatoms. The van der Waals surface area contributed by atoms with Gasteiger partial charge in [0.2, 0.25) is 15.2 Å². The predicted octanol–water partition coefficient (Wildman–Crippen LogP) is 2.55. The summed E-state index contributed by atoms with van der Waals surface area (Å²) in [5.74, 6) is 0. The van der Waals surface area contributed by atoms with Crippen molar-refractivity contribution in [2.45, 2.75) is 55.6 Å². The fourth-order valence-electron chi connectivity index (χ4n) is 5.06. The molecule has 194 valence electrons. The highest BCUT2D eigenvalue weighted by molar-refractivity contribution is 7.89. The molecule has 1 aliphatic carbocycles. The van der Waals surface area contributed by atoms with E-state index >= 15 is 0 Å². The molecule has 0 bridgehead atoms. The first-order chi connectivity index (χ1) is 17.1. The first-order valence-corrected chi connectivity index (χ1v) is 14.2. The van der Waals surface area contributed by atoms with Gasteiger partial charge in [0.1, 0.15) is 11.8 Å². The lowest BCUT2D eigenvalue weighted by molar-refractivity contribution is -0.0317. The van der Waals surface area contributed by atoms with Gasteiger partial charge < -0.3 is 9.64 Å². The monoisotopic (exact) mass is 539 g/mol. The quantitative estimate of drug-likeness (QED) is 0.510. The van der Waals surface area contributed by atoms with Crippen LogP contribution in [-0.4, -0.2) is 83.5 Å². The minimum Gasteiger partial charge on any atom is -0.378 e. The first kappa shape index (κ1) is 24.1. The Balaban J connectivity index is 1.47. The Morgan fingerprint density at radius 3 is 2.78 bits per heavy atom. The molecule has 2 aliphatic heterocycles. The SMILES string of the molecule is C[C@H]1CN(c2cc(S(=O)(=O)NC3(C)CC3)cc3c2ncn3-c2nnc(C(F)F)s2)C[C@H]2COCCN21. The number of piperazine rings is 1. The van der Waals surface area contributed by atoms with Crippen LogP contribution in [0.4, 0.5) is 14.5 Å². The highest BCUT2D eigenvalue weighted by Gasteiger charge is 2.42. The molecule has 2 atom stereocenters. The fourth-order valence-corrected chi connectivity index (χ4v) is 7.25. The summed E-state index contributed by atoms with van der Waals surface area (Å²) < 4.78 is 63.2. The molecule has 1 saturated carbocycles. The molecule has 0 spiro atoms. The summed E-state index contributed by atoms with van der Waals surface area (Å²) in [5, 5.41) is 7.29. The lowest BCUT2D eigenvalue weighted by atomic mass is 10.0. The smallest absolute Gasteiger partial charge is 0.291 e. The van der Waals surface area contributed by atoms with Crippen molar-refractivity contribution in [3.05, 3.63) is 23.5 Å². The van der Waals surface area contributed by atoms with E-state index in [0.717, 1.165) is 30.7 Å². The molecule has 36 heavy (non-hydrogen) atoms. The van der Waals surface area contributed by atoms with Crippen molar-refractivity contribution in [1.82, 2.24) is 29.4 Å².